The number of piperazine rings is 1. The second-order valence-electron chi connectivity index (χ2n) is 7.91. The van der Waals surface area contributed by atoms with Crippen molar-refractivity contribution in [1.29, 1.82) is 0 Å². The monoisotopic (exact) mass is 367 g/mol. The Kier molecular flexibility index (Phi) is 4.41. The first kappa shape index (κ1) is 17.6. The number of carbonyl (C=O) groups excluding carboxylic acids is 1. The molecule has 2 aliphatic rings. The first-order chi connectivity index (χ1) is 13.0. The summed E-state index contributed by atoms with van der Waals surface area (Å²) in [6.07, 6.45) is 4.85. The van der Waals surface area contributed by atoms with Crippen molar-refractivity contribution in [1.82, 2.24) is 19.9 Å². The first-order valence-electron chi connectivity index (χ1n) is 9.36. The van der Waals surface area contributed by atoms with Crippen LogP contribution in [0.25, 0.3) is 0 Å². The molecule has 0 bridgehead atoms. The minimum Gasteiger partial charge on any atom is -0.372 e. The lowest BCUT2D eigenvalue weighted by Crippen LogP contribution is -2.48. The summed E-state index contributed by atoms with van der Waals surface area (Å²) in [6, 6.07) is 1.82. The van der Waals surface area contributed by atoms with Crippen LogP contribution in [0.5, 0.6) is 0 Å². The van der Waals surface area contributed by atoms with Crippen LogP contribution in [-0.4, -0.2) is 58.9 Å². The molecule has 2 aromatic heterocycles. The van der Waals surface area contributed by atoms with Crippen molar-refractivity contribution < 1.29 is 4.79 Å². The number of fused-ring (bicyclic) bond motifs is 1. The molecule has 0 amide bonds. The highest BCUT2D eigenvalue weighted by molar-refractivity contribution is 6.03. The van der Waals surface area contributed by atoms with E-state index in [1.165, 1.54) is 0 Å². The average molecular weight is 367 g/mol. The summed E-state index contributed by atoms with van der Waals surface area (Å²) in [4.78, 5) is 35.1. The molecular formula is C19H25N7O. The molecule has 27 heavy (non-hydrogen) atoms. The third-order valence-corrected chi connectivity index (χ3v) is 5.17. The van der Waals surface area contributed by atoms with E-state index >= 15 is 0 Å². The highest BCUT2D eigenvalue weighted by Crippen LogP contribution is 2.37. The van der Waals surface area contributed by atoms with Crippen LogP contribution in [0.15, 0.2) is 18.5 Å². The molecule has 1 saturated heterocycles. The van der Waals surface area contributed by atoms with Gasteiger partial charge in [-0.25, -0.2) is 15.0 Å². The Bertz CT molecular complexity index is 845. The lowest BCUT2D eigenvalue weighted by atomic mass is 9.76. The number of hydrogen-bond donors (Lipinski definition) is 1. The molecule has 3 heterocycles. The summed E-state index contributed by atoms with van der Waals surface area (Å²) >= 11 is 0. The molecule has 0 atom stereocenters. The maximum absolute atomic E-state index is 12.6. The Morgan fingerprint density at radius 1 is 0.963 bits per heavy atom. The molecule has 4 rings (SSSR count). The van der Waals surface area contributed by atoms with Gasteiger partial charge in [-0.15, -0.1) is 0 Å². The molecule has 0 unspecified atom stereocenters. The van der Waals surface area contributed by atoms with Crippen LogP contribution >= 0.6 is 0 Å². The van der Waals surface area contributed by atoms with E-state index in [0.29, 0.717) is 23.8 Å². The number of carbonyl (C=O) groups is 1. The summed E-state index contributed by atoms with van der Waals surface area (Å²) in [7, 11) is 1.81. The van der Waals surface area contributed by atoms with Gasteiger partial charge in [-0.3, -0.25) is 4.79 Å². The van der Waals surface area contributed by atoms with E-state index in [9.17, 15) is 4.79 Å². The van der Waals surface area contributed by atoms with Gasteiger partial charge < -0.3 is 15.1 Å². The van der Waals surface area contributed by atoms with E-state index in [0.717, 1.165) is 44.2 Å². The predicted octanol–water partition coefficient (Wildman–Crippen LogP) is 1.79. The van der Waals surface area contributed by atoms with Gasteiger partial charge in [0.15, 0.2) is 5.78 Å². The molecule has 8 nitrogen and oxygen atoms in total. The fourth-order valence-electron chi connectivity index (χ4n) is 3.84. The van der Waals surface area contributed by atoms with Crippen LogP contribution in [0, 0.1) is 5.41 Å². The lowest BCUT2D eigenvalue weighted by Gasteiger charge is -2.36. The van der Waals surface area contributed by atoms with Crippen molar-refractivity contribution in [2.45, 2.75) is 26.7 Å². The van der Waals surface area contributed by atoms with Crippen LogP contribution in [-0.2, 0) is 6.42 Å². The van der Waals surface area contributed by atoms with Crippen LogP contribution < -0.4 is 15.1 Å². The van der Waals surface area contributed by atoms with Crippen molar-refractivity contribution in [3.8, 4) is 0 Å². The van der Waals surface area contributed by atoms with Crippen LogP contribution in [0.1, 0.15) is 36.3 Å². The number of aromatic nitrogens is 4. The number of rotatable bonds is 3. The molecule has 0 radical (unpaired) electrons. The molecule has 0 saturated carbocycles. The van der Waals surface area contributed by atoms with Gasteiger partial charge in [-0.1, -0.05) is 13.8 Å². The Morgan fingerprint density at radius 2 is 1.59 bits per heavy atom. The molecule has 1 N–H and O–H groups in total. The van der Waals surface area contributed by atoms with Crippen LogP contribution in [0.3, 0.4) is 0 Å². The number of anilines is 3. The summed E-state index contributed by atoms with van der Waals surface area (Å²) in [6.45, 7) is 7.43. The number of nitrogens with zero attached hydrogens (tertiary/aromatic N) is 6. The van der Waals surface area contributed by atoms with Crippen molar-refractivity contribution >= 4 is 23.5 Å². The quantitative estimate of drug-likeness (QED) is 0.879. The molecule has 1 fully saturated rings. The molecule has 2 aromatic rings. The molecule has 1 aliphatic carbocycles. The van der Waals surface area contributed by atoms with Gasteiger partial charge in [0.05, 0.1) is 11.3 Å². The second-order valence-corrected chi connectivity index (χ2v) is 7.91. The van der Waals surface area contributed by atoms with Gasteiger partial charge in [0.25, 0.3) is 0 Å². The van der Waals surface area contributed by atoms with E-state index < -0.39 is 0 Å². The Hall–Kier alpha value is -2.77. The first-order valence-corrected chi connectivity index (χ1v) is 9.36. The van der Waals surface area contributed by atoms with E-state index in [2.05, 4.69) is 43.9 Å². The third-order valence-electron chi connectivity index (χ3n) is 5.17. The van der Waals surface area contributed by atoms with Gasteiger partial charge in [0.1, 0.15) is 5.82 Å². The van der Waals surface area contributed by atoms with E-state index in [-0.39, 0.29) is 11.2 Å². The van der Waals surface area contributed by atoms with Crippen molar-refractivity contribution in [2.75, 3.05) is 48.3 Å². The van der Waals surface area contributed by atoms with Gasteiger partial charge in [0, 0.05) is 52.0 Å². The van der Waals surface area contributed by atoms with E-state index in [4.69, 9.17) is 4.98 Å². The lowest BCUT2D eigenvalue weighted by molar-refractivity contribution is 0.0911. The Labute approximate surface area is 159 Å². The summed E-state index contributed by atoms with van der Waals surface area (Å²) in [5.41, 5.74) is 1.46. The zero-order valence-corrected chi connectivity index (χ0v) is 16.1. The Morgan fingerprint density at radius 3 is 2.22 bits per heavy atom. The van der Waals surface area contributed by atoms with Crippen molar-refractivity contribution in [3.63, 3.8) is 0 Å². The summed E-state index contributed by atoms with van der Waals surface area (Å²) < 4.78 is 0. The number of hydrogen-bond acceptors (Lipinski definition) is 8. The molecule has 0 aromatic carbocycles. The minimum atomic E-state index is -0.0654. The van der Waals surface area contributed by atoms with Crippen LogP contribution in [0.4, 0.5) is 17.7 Å². The minimum absolute atomic E-state index is 0.0654. The number of Topliss-reactive ketones (excluding diaryl/α,β-unsaturated/α-hetero) is 1. The standard InChI is InChI=1S/C19H25N7O/c1-19(2)11-13-15(14(27)12-19)16(20-3)24-18(23-13)26-9-7-25(8-10-26)17-21-5-4-6-22-17/h4-6H,7-12H2,1-3H3,(H,20,23,24). The normalized spacial score (nSPS) is 19.0. The van der Waals surface area contributed by atoms with Crippen molar-refractivity contribution in [3.05, 3.63) is 29.7 Å². The Balaban J connectivity index is 1.57. The molecular weight excluding hydrogens is 342 g/mol. The molecule has 1 aliphatic heterocycles. The number of ketones is 1. The largest absolute Gasteiger partial charge is 0.372 e. The topological polar surface area (TPSA) is 87.1 Å². The smallest absolute Gasteiger partial charge is 0.227 e. The molecule has 0 spiro atoms. The van der Waals surface area contributed by atoms with Gasteiger partial charge in [-0.2, -0.15) is 4.98 Å². The van der Waals surface area contributed by atoms with E-state index in [1.807, 2.05) is 13.1 Å². The molecule has 142 valence electrons. The number of nitrogens with one attached hydrogen (secondary N) is 1. The highest BCUT2D eigenvalue weighted by atomic mass is 16.1. The molecule has 8 heteroatoms. The SMILES string of the molecule is CNc1nc(N2CCN(c3ncccn3)CC2)nc2c1C(=O)CC(C)(C)C2. The summed E-state index contributed by atoms with van der Waals surface area (Å²) in [5.74, 6) is 2.22. The van der Waals surface area contributed by atoms with Gasteiger partial charge in [-0.05, 0) is 17.9 Å². The predicted molar refractivity (Wildman–Crippen MR) is 104 cm³/mol. The van der Waals surface area contributed by atoms with Crippen LogP contribution in [0.2, 0.25) is 0 Å². The van der Waals surface area contributed by atoms with Crippen molar-refractivity contribution in [2.24, 2.45) is 5.41 Å². The fourth-order valence-corrected chi connectivity index (χ4v) is 3.84. The zero-order chi connectivity index (χ0) is 19.0. The summed E-state index contributed by atoms with van der Waals surface area (Å²) in [5, 5.41) is 3.10. The third kappa shape index (κ3) is 3.43. The maximum atomic E-state index is 12.6. The van der Waals surface area contributed by atoms with Gasteiger partial charge >= 0.3 is 0 Å². The fraction of sp³-hybridized carbons (Fsp3) is 0.526. The van der Waals surface area contributed by atoms with E-state index in [1.54, 1.807) is 12.4 Å². The van der Waals surface area contributed by atoms with Gasteiger partial charge in [0.2, 0.25) is 11.9 Å². The maximum Gasteiger partial charge on any atom is 0.227 e. The zero-order valence-electron chi connectivity index (χ0n) is 16.1. The second kappa shape index (κ2) is 6.75. The average Bonchev–Trinajstić information content (AvgIpc) is 2.66. The highest BCUT2D eigenvalue weighted by Gasteiger charge is 2.35.